The van der Waals surface area contributed by atoms with Crippen LogP contribution in [-0.4, -0.2) is 59.8 Å². The quantitative estimate of drug-likeness (QED) is 0.359. The first kappa shape index (κ1) is 23.0. The van der Waals surface area contributed by atoms with Gasteiger partial charge in [0.05, 0.1) is 13.2 Å². The van der Waals surface area contributed by atoms with Crippen LogP contribution in [0.25, 0.3) is 0 Å². The summed E-state index contributed by atoms with van der Waals surface area (Å²) in [4.78, 5) is 0. The van der Waals surface area contributed by atoms with Crippen LogP contribution >= 0.6 is 0 Å². The third kappa shape index (κ3) is 6.55. The first-order valence-corrected chi connectivity index (χ1v) is 11.3. The lowest BCUT2D eigenvalue weighted by atomic mass is 10.3. The van der Waals surface area contributed by atoms with Crippen LogP contribution in [0, 0.1) is 0 Å². The lowest BCUT2D eigenvalue weighted by Crippen LogP contribution is -2.58. The number of ether oxygens (including phenoxy) is 4. The molecule has 1 saturated heterocycles. The van der Waals surface area contributed by atoms with Crippen molar-refractivity contribution >= 4 is 8.80 Å². The molecule has 0 aromatic carbocycles. The monoisotopic (exact) mass is 380 g/mol. The molecule has 0 spiro atoms. The Kier molecular flexibility index (Phi) is 10.7. The lowest BCUT2D eigenvalue weighted by molar-refractivity contribution is -0.436. The molecule has 150 valence electrons. The molecule has 0 aliphatic carbocycles. The van der Waals surface area contributed by atoms with Crippen LogP contribution < -0.4 is 0 Å². The topological polar surface area (TPSA) is 64.6 Å². The molecular formula is C17H36O7Si. The number of rotatable bonds is 13. The van der Waals surface area contributed by atoms with Crippen LogP contribution in [0.2, 0.25) is 0 Å². The van der Waals surface area contributed by atoms with Gasteiger partial charge in [-0.2, -0.15) is 0 Å². The molecular weight excluding hydrogens is 344 g/mol. The van der Waals surface area contributed by atoms with E-state index in [0.717, 1.165) is 6.42 Å². The van der Waals surface area contributed by atoms with E-state index < -0.39 is 21.1 Å². The fraction of sp³-hybridized carbons (Fsp3) is 1.00. The standard InChI is InChI=1S/C17H36O7Si/c1-7-16(24-17(8-2)18-13-12-14-19-17)23-15(6)25(20-9-3,21-10-4)22-11-5/h15-16H,7-14H2,1-6H3. The lowest BCUT2D eigenvalue weighted by Gasteiger charge is -2.40. The van der Waals surface area contributed by atoms with Crippen LogP contribution in [0.15, 0.2) is 0 Å². The molecule has 1 rings (SSSR count). The van der Waals surface area contributed by atoms with E-state index in [2.05, 4.69) is 0 Å². The van der Waals surface area contributed by atoms with Gasteiger partial charge in [-0.3, -0.25) is 4.74 Å². The second-order valence-corrected chi connectivity index (χ2v) is 8.61. The van der Waals surface area contributed by atoms with Gasteiger partial charge in [-0.1, -0.05) is 13.8 Å². The predicted octanol–water partition coefficient (Wildman–Crippen LogP) is 3.23. The minimum atomic E-state index is -2.96. The van der Waals surface area contributed by atoms with Gasteiger partial charge in [0.25, 0.3) is 5.97 Å². The van der Waals surface area contributed by atoms with Gasteiger partial charge in [0, 0.05) is 26.2 Å². The van der Waals surface area contributed by atoms with E-state index in [1.54, 1.807) is 0 Å². The van der Waals surface area contributed by atoms with Crippen LogP contribution in [0.5, 0.6) is 0 Å². The third-order valence-electron chi connectivity index (χ3n) is 3.90. The van der Waals surface area contributed by atoms with Crippen molar-refractivity contribution in [1.29, 1.82) is 0 Å². The second-order valence-electron chi connectivity index (χ2n) is 5.72. The Morgan fingerprint density at radius 2 is 1.44 bits per heavy atom. The van der Waals surface area contributed by atoms with Crippen molar-refractivity contribution in [3.05, 3.63) is 0 Å². The molecule has 0 amide bonds. The average Bonchev–Trinajstić information content (AvgIpc) is 2.62. The van der Waals surface area contributed by atoms with Gasteiger partial charge in [0.15, 0.2) is 6.29 Å². The number of hydrogen-bond acceptors (Lipinski definition) is 7. The van der Waals surface area contributed by atoms with Crippen molar-refractivity contribution in [2.45, 2.75) is 78.8 Å². The molecule has 2 atom stereocenters. The van der Waals surface area contributed by atoms with Crippen molar-refractivity contribution in [2.24, 2.45) is 0 Å². The zero-order valence-corrected chi connectivity index (χ0v) is 17.7. The summed E-state index contributed by atoms with van der Waals surface area (Å²) in [6.07, 6.45) is 1.61. The van der Waals surface area contributed by atoms with E-state index in [-0.39, 0.29) is 5.73 Å². The Balaban J connectivity index is 2.81. The highest BCUT2D eigenvalue weighted by Crippen LogP contribution is 2.28. The molecule has 0 aromatic rings. The molecule has 0 aromatic heterocycles. The maximum atomic E-state index is 6.16. The second kappa shape index (κ2) is 11.6. The van der Waals surface area contributed by atoms with E-state index in [1.807, 2.05) is 41.5 Å². The zero-order valence-electron chi connectivity index (χ0n) is 16.7. The van der Waals surface area contributed by atoms with Gasteiger partial charge in [0.1, 0.15) is 5.73 Å². The Morgan fingerprint density at radius 3 is 1.84 bits per heavy atom. The Morgan fingerprint density at radius 1 is 0.920 bits per heavy atom. The van der Waals surface area contributed by atoms with Crippen molar-refractivity contribution < 1.29 is 32.2 Å². The first-order chi connectivity index (χ1) is 12.0. The fourth-order valence-corrected chi connectivity index (χ4v) is 5.19. The maximum absolute atomic E-state index is 6.16. The maximum Gasteiger partial charge on any atom is 0.531 e. The van der Waals surface area contributed by atoms with E-state index in [9.17, 15) is 0 Å². The SMILES string of the molecule is CCO[Si](OCC)(OCC)C(C)OC(CC)OC1(CC)OCCCO1. The van der Waals surface area contributed by atoms with E-state index in [0.29, 0.717) is 45.9 Å². The summed E-state index contributed by atoms with van der Waals surface area (Å²) >= 11 is 0. The summed E-state index contributed by atoms with van der Waals surface area (Å²) in [5.41, 5.74) is -0.366. The molecule has 0 N–H and O–H groups in total. The largest absolute Gasteiger partial charge is 0.531 e. The summed E-state index contributed by atoms with van der Waals surface area (Å²) in [6.45, 7) is 14.4. The van der Waals surface area contributed by atoms with Crippen LogP contribution in [0.1, 0.15) is 60.8 Å². The van der Waals surface area contributed by atoms with Crippen molar-refractivity contribution in [2.75, 3.05) is 33.0 Å². The van der Waals surface area contributed by atoms with Crippen LogP contribution in [0.3, 0.4) is 0 Å². The smallest absolute Gasteiger partial charge is 0.372 e. The minimum Gasteiger partial charge on any atom is -0.372 e. The van der Waals surface area contributed by atoms with E-state index in [4.69, 9.17) is 32.2 Å². The zero-order chi connectivity index (χ0) is 18.8. The highest BCUT2D eigenvalue weighted by atomic mass is 28.4. The van der Waals surface area contributed by atoms with E-state index in [1.165, 1.54) is 0 Å². The molecule has 1 heterocycles. The molecule has 25 heavy (non-hydrogen) atoms. The normalized spacial score (nSPS) is 20.4. The van der Waals surface area contributed by atoms with Crippen molar-refractivity contribution in [3.8, 4) is 0 Å². The van der Waals surface area contributed by atoms with Gasteiger partial charge in [0.2, 0.25) is 0 Å². The molecule has 2 unspecified atom stereocenters. The van der Waals surface area contributed by atoms with Gasteiger partial charge in [-0.15, -0.1) is 0 Å². The third-order valence-corrected chi connectivity index (χ3v) is 7.11. The molecule has 8 heteroatoms. The van der Waals surface area contributed by atoms with Crippen LogP contribution in [-0.2, 0) is 32.2 Å². The minimum absolute atomic E-state index is 0.366. The van der Waals surface area contributed by atoms with Gasteiger partial charge in [-0.25, -0.2) is 0 Å². The molecule has 0 saturated carbocycles. The Hall–Kier alpha value is -0.0631. The summed E-state index contributed by atoms with van der Waals surface area (Å²) < 4.78 is 41.5. The summed E-state index contributed by atoms with van der Waals surface area (Å²) in [6, 6.07) is 0. The summed E-state index contributed by atoms with van der Waals surface area (Å²) in [5, 5.41) is 0. The summed E-state index contributed by atoms with van der Waals surface area (Å²) in [5.74, 6) is -1.04. The fourth-order valence-electron chi connectivity index (χ4n) is 2.71. The van der Waals surface area contributed by atoms with Crippen molar-refractivity contribution in [1.82, 2.24) is 0 Å². The molecule has 0 radical (unpaired) electrons. The first-order valence-electron chi connectivity index (χ1n) is 9.54. The van der Waals surface area contributed by atoms with E-state index >= 15 is 0 Å². The number of hydrogen-bond donors (Lipinski definition) is 0. The molecule has 1 aliphatic heterocycles. The molecule has 0 bridgehead atoms. The Bertz CT molecular complexity index is 333. The highest BCUT2D eigenvalue weighted by Gasteiger charge is 2.49. The van der Waals surface area contributed by atoms with Gasteiger partial charge in [-0.05, 0) is 40.5 Å². The average molecular weight is 381 g/mol. The Labute approximate surface area is 153 Å². The highest BCUT2D eigenvalue weighted by molar-refractivity contribution is 6.62. The molecule has 1 aliphatic rings. The summed E-state index contributed by atoms with van der Waals surface area (Å²) in [7, 11) is -2.96. The van der Waals surface area contributed by atoms with Crippen LogP contribution in [0.4, 0.5) is 0 Å². The molecule has 1 fully saturated rings. The molecule has 7 nitrogen and oxygen atoms in total. The van der Waals surface area contributed by atoms with Gasteiger partial charge < -0.3 is 27.5 Å². The van der Waals surface area contributed by atoms with Crippen molar-refractivity contribution in [3.63, 3.8) is 0 Å². The van der Waals surface area contributed by atoms with Gasteiger partial charge >= 0.3 is 8.80 Å². The predicted molar refractivity (Wildman–Crippen MR) is 95.9 cm³/mol.